The number of nitrogens with one attached hydrogen (secondary N) is 1. The van der Waals surface area contributed by atoms with Crippen LogP contribution in [0.25, 0.3) is 0 Å². The molecule has 2 rings (SSSR count). The molecule has 1 aromatic heterocycles. The maximum atomic E-state index is 12.3. The fourth-order valence-corrected chi connectivity index (χ4v) is 2.48. The Morgan fingerprint density at radius 2 is 1.91 bits per heavy atom. The van der Waals surface area contributed by atoms with Crippen LogP contribution in [-0.4, -0.2) is 50.6 Å². The summed E-state index contributed by atoms with van der Waals surface area (Å²) in [7, 11) is 0. The van der Waals surface area contributed by atoms with E-state index in [0.717, 1.165) is 25.9 Å². The Hall–Kier alpha value is -1.96. The van der Waals surface area contributed by atoms with Crippen molar-refractivity contribution in [1.29, 1.82) is 0 Å². The van der Waals surface area contributed by atoms with Crippen molar-refractivity contribution in [2.75, 3.05) is 18.4 Å². The first-order valence-electron chi connectivity index (χ1n) is 8.21. The Kier molecular flexibility index (Phi) is 6.09. The number of hydrogen-bond acceptors (Lipinski definition) is 5. The molecule has 1 aliphatic heterocycles. The van der Waals surface area contributed by atoms with Gasteiger partial charge in [-0.05, 0) is 18.8 Å². The van der Waals surface area contributed by atoms with E-state index in [1.165, 1.54) is 23.9 Å². The highest BCUT2D eigenvalue weighted by Gasteiger charge is 2.20. The number of anilines is 1. The lowest BCUT2D eigenvalue weighted by Crippen LogP contribution is -2.40. The molecule has 2 heterocycles. The van der Waals surface area contributed by atoms with Crippen molar-refractivity contribution < 1.29 is 9.59 Å². The first kappa shape index (κ1) is 17.4. The SMILES string of the molecule is CC(C)[C@H](N)C(=O)Nc1ncn(CC(=O)N2CCCCCC2)n1. The monoisotopic (exact) mass is 322 g/mol. The summed E-state index contributed by atoms with van der Waals surface area (Å²) < 4.78 is 1.45. The molecule has 0 saturated carbocycles. The molecule has 23 heavy (non-hydrogen) atoms. The van der Waals surface area contributed by atoms with E-state index in [-0.39, 0.29) is 30.2 Å². The van der Waals surface area contributed by atoms with Gasteiger partial charge in [0, 0.05) is 13.1 Å². The molecular formula is C15H26N6O2. The molecule has 2 amide bonds. The summed E-state index contributed by atoms with van der Waals surface area (Å²) in [5.41, 5.74) is 5.77. The third-order valence-corrected chi connectivity index (χ3v) is 4.05. The van der Waals surface area contributed by atoms with Crippen LogP contribution in [0.3, 0.4) is 0 Å². The third kappa shape index (κ3) is 5.02. The fraction of sp³-hybridized carbons (Fsp3) is 0.733. The zero-order chi connectivity index (χ0) is 16.8. The molecule has 0 bridgehead atoms. The number of carbonyl (C=O) groups is 2. The van der Waals surface area contributed by atoms with E-state index < -0.39 is 6.04 Å². The lowest BCUT2D eigenvalue weighted by molar-refractivity contribution is -0.132. The summed E-state index contributed by atoms with van der Waals surface area (Å²) in [6.07, 6.45) is 5.92. The molecule has 8 heteroatoms. The minimum absolute atomic E-state index is 0.0294. The first-order valence-corrected chi connectivity index (χ1v) is 8.21. The van der Waals surface area contributed by atoms with E-state index in [2.05, 4.69) is 15.4 Å². The Labute approximate surface area is 136 Å². The molecule has 0 aliphatic carbocycles. The largest absolute Gasteiger partial charge is 0.341 e. The van der Waals surface area contributed by atoms with E-state index in [0.29, 0.717) is 0 Å². The van der Waals surface area contributed by atoms with Crippen LogP contribution in [0.2, 0.25) is 0 Å². The van der Waals surface area contributed by atoms with Gasteiger partial charge in [-0.15, -0.1) is 5.10 Å². The normalized spacial score (nSPS) is 17.0. The maximum absolute atomic E-state index is 12.3. The van der Waals surface area contributed by atoms with Crippen LogP contribution in [0.5, 0.6) is 0 Å². The molecule has 1 fully saturated rings. The summed E-state index contributed by atoms with van der Waals surface area (Å²) in [4.78, 5) is 30.0. The quantitative estimate of drug-likeness (QED) is 0.826. The smallest absolute Gasteiger partial charge is 0.248 e. The van der Waals surface area contributed by atoms with Gasteiger partial charge in [-0.3, -0.25) is 14.9 Å². The lowest BCUT2D eigenvalue weighted by Gasteiger charge is -2.19. The molecule has 1 aromatic rings. The van der Waals surface area contributed by atoms with Gasteiger partial charge in [0.15, 0.2) is 0 Å². The van der Waals surface area contributed by atoms with Crippen molar-refractivity contribution in [3.63, 3.8) is 0 Å². The van der Waals surface area contributed by atoms with E-state index in [1.807, 2.05) is 18.7 Å². The van der Waals surface area contributed by atoms with Gasteiger partial charge in [0.25, 0.3) is 0 Å². The predicted octanol–water partition coefficient (Wildman–Crippen LogP) is 0.603. The second-order valence-electron chi connectivity index (χ2n) is 6.32. The molecule has 0 unspecified atom stereocenters. The molecule has 0 spiro atoms. The van der Waals surface area contributed by atoms with Crippen molar-refractivity contribution >= 4 is 17.8 Å². The molecular weight excluding hydrogens is 296 g/mol. The second kappa shape index (κ2) is 8.05. The van der Waals surface area contributed by atoms with Gasteiger partial charge in [0.05, 0.1) is 6.04 Å². The van der Waals surface area contributed by atoms with Crippen molar-refractivity contribution in [3.8, 4) is 0 Å². The van der Waals surface area contributed by atoms with Gasteiger partial charge >= 0.3 is 0 Å². The number of rotatable bonds is 5. The van der Waals surface area contributed by atoms with Crippen LogP contribution < -0.4 is 11.1 Å². The number of nitrogens with zero attached hydrogens (tertiary/aromatic N) is 4. The van der Waals surface area contributed by atoms with Crippen molar-refractivity contribution in [2.24, 2.45) is 11.7 Å². The van der Waals surface area contributed by atoms with Crippen LogP contribution in [-0.2, 0) is 16.1 Å². The van der Waals surface area contributed by atoms with E-state index in [1.54, 1.807) is 0 Å². The van der Waals surface area contributed by atoms with Gasteiger partial charge < -0.3 is 10.6 Å². The first-order chi connectivity index (χ1) is 11.0. The van der Waals surface area contributed by atoms with Crippen LogP contribution in [0.15, 0.2) is 6.33 Å². The van der Waals surface area contributed by atoms with Crippen LogP contribution in [0, 0.1) is 5.92 Å². The maximum Gasteiger partial charge on any atom is 0.248 e. The minimum atomic E-state index is -0.610. The van der Waals surface area contributed by atoms with Crippen LogP contribution in [0.1, 0.15) is 39.5 Å². The second-order valence-corrected chi connectivity index (χ2v) is 6.32. The molecule has 1 saturated heterocycles. The summed E-state index contributed by atoms with van der Waals surface area (Å²) >= 11 is 0. The zero-order valence-corrected chi connectivity index (χ0v) is 13.9. The topological polar surface area (TPSA) is 106 Å². The van der Waals surface area contributed by atoms with E-state index in [4.69, 9.17) is 5.73 Å². The summed E-state index contributed by atoms with van der Waals surface area (Å²) in [5.74, 6) is -0.0818. The molecule has 1 atom stereocenters. The summed E-state index contributed by atoms with van der Waals surface area (Å²) in [5, 5.41) is 6.70. The molecule has 1 aliphatic rings. The predicted molar refractivity (Wildman–Crippen MR) is 86.5 cm³/mol. The standard InChI is InChI=1S/C15H26N6O2/c1-11(2)13(16)14(23)18-15-17-10-21(19-15)9-12(22)20-7-5-3-4-6-8-20/h10-11,13H,3-9,16H2,1-2H3,(H,18,19,23)/t13-/m0/s1. The molecule has 8 nitrogen and oxygen atoms in total. The van der Waals surface area contributed by atoms with E-state index >= 15 is 0 Å². The Morgan fingerprint density at radius 3 is 2.52 bits per heavy atom. The summed E-state index contributed by atoms with van der Waals surface area (Å²) in [6, 6.07) is -0.610. The highest BCUT2D eigenvalue weighted by atomic mass is 16.2. The van der Waals surface area contributed by atoms with Crippen molar-refractivity contribution in [2.45, 2.75) is 52.1 Å². The zero-order valence-electron chi connectivity index (χ0n) is 13.9. The fourth-order valence-electron chi connectivity index (χ4n) is 2.48. The van der Waals surface area contributed by atoms with Crippen LogP contribution >= 0.6 is 0 Å². The Balaban J connectivity index is 1.89. The molecule has 128 valence electrons. The molecule has 0 aromatic carbocycles. The Morgan fingerprint density at radius 1 is 1.26 bits per heavy atom. The van der Waals surface area contributed by atoms with Crippen molar-refractivity contribution in [1.82, 2.24) is 19.7 Å². The number of nitrogens with two attached hydrogens (primary N) is 1. The Bertz CT molecular complexity index is 534. The van der Waals surface area contributed by atoms with Crippen LogP contribution in [0.4, 0.5) is 5.95 Å². The molecule has 0 radical (unpaired) electrons. The third-order valence-electron chi connectivity index (χ3n) is 4.05. The van der Waals surface area contributed by atoms with Gasteiger partial charge in [-0.1, -0.05) is 26.7 Å². The average Bonchev–Trinajstić information content (AvgIpc) is 2.77. The van der Waals surface area contributed by atoms with Gasteiger partial charge in [-0.25, -0.2) is 9.67 Å². The number of likely N-dealkylation sites (tertiary alicyclic amines) is 1. The minimum Gasteiger partial charge on any atom is -0.341 e. The van der Waals surface area contributed by atoms with Gasteiger partial charge in [-0.2, -0.15) is 0 Å². The van der Waals surface area contributed by atoms with Crippen molar-refractivity contribution in [3.05, 3.63) is 6.33 Å². The number of hydrogen-bond donors (Lipinski definition) is 2. The number of amides is 2. The number of aromatic nitrogens is 3. The average molecular weight is 322 g/mol. The number of carbonyl (C=O) groups excluding carboxylic acids is 2. The van der Waals surface area contributed by atoms with Gasteiger partial charge in [0.1, 0.15) is 12.9 Å². The highest BCUT2D eigenvalue weighted by molar-refractivity contribution is 5.93. The van der Waals surface area contributed by atoms with Gasteiger partial charge in [0.2, 0.25) is 17.8 Å². The molecule has 3 N–H and O–H groups in total. The summed E-state index contributed by atoms with van der Waals surface area (Å²) in [6.45, 7) is 5.49. The van der Waals surface area contributed by atoms with E-state index in [9.17, 15) is 9.59 Å². The highest BCUT2D eigenvalue weighted by Crippen LogP contribution is 2.10. The lowest BCUT2D eigenvalue weighted by atomic mass is 10.1.